The number of fused-ring (bicyclic) bond motifs is 1. The van der Waals surface area contributed by atoms with Gasteiger partial charge >= 0.3 is 5.97 Å². The summed E-state index contributed by atoms with van der Waals surface area (Å²) in [6.07, 6.45) is -0.800. The Kier molecular flexibility index (Phi) is 5.22. The molecule has 0 N–H and O–H groups in total. The van der Waals surface area contributed by atoms with Crippen LogP contribution >= 0.6 is 0 Å². The molecule has 30 heavy (non-hydrogen) atoms. The van der Waals surface area contributed by atoms with Crippen molar-refractivity contribution in [3.8, 4) is 17.2 Å². The van der Waals surface area contributed by atoms with Crippen molar-refractivity contribution < 1.29 is 27.5 Å². The molecule has 2 aromatic heterocycles. The third-order valence-corrected chi connectivity index (χ3v) is 4.57. The molecular formula is C22H19FN2O5. The molecule has 2 heterocycles. The maximum atomic E-state index is 13.1. The van der Waals surface area contributed by atoms with E-state index < -0.39 is 12.1 Å². The van der Waals surface area contributed by atoms with Gasteiger partial charge in [-0.15, -0.1) is 10.2 Å². The Morgan fingerprint density at radius 3 is 2.63 bits per heavy atom. The number of benzene rings is 2. The fraction of sp³-hybridized carbons (Fsp3) is 0.227. The number of nitrogens with zero attached hydrogens (tertiary/aromatic N) is 2. The summed E-state index contributed by atoms with van der Waals surface area (Å²) >= 11 is 0. The van der Waals surface area contributed by atoms with Crippen LogP contribution in [-0.2, 0) is 4.74 Å². The van der Waals surface area contributed by atoms with Crippen molar-refractivity contribution in [2.75, 3.05) is 6.61 Å². The van der Waals surface area contributed by atoms with Gasteiger partial charge in [-0.2, -0.15) is 0 Å². The zero-order chi connectivity index (χ0) is 21.3. The number of esters is 1. The van der Waals surface area contributed by atoms with Gasteiger partial charge in [-0.05, 0) is 63.2 Å². The summed E-state index contributed by atoms with van der Waals surface area (Å²) in [5, 5.41) is 8.63. The SMILES string of the molecule is CCOc1ccc2oc(C(=O)O[C@@H](C)c3nnc(-c4ccc(F)cc4)o3)c(C)c2c1. The molecule has 0 bridgehead atoms. The molecule has 1 atom stereocenters. The molecule has 0 radical (unpaired) electrons. The van der Waals surface area contributed by atoms with Crippen molar-refractivity contribution in [3.05, 3.63) is 65.5 Å². The topological polar surface area (TPSA) is 87.6 Å². The normalized spacial score (nSPS) is 12.1. The van der Waals surface area contributed by atoms with Gasteiger partial charge in [0.1, 0.15) is 17.1 Å². The van der Waals surface area contributed by atoms with Crippen LogP contribution in [0.25, 0.3) is 22.4 Å². The lowest BCUT2D eigenvalue weighted by molar-refractivity contribution is 0.0245. The van der Waals surface area contributed by atoms with Crippen LogP contribution in [0.3, 0.4) is 0 Å². The van der Waals surface area contributed by atoms with E-state index in [1.54, 1.807) is 26.0 Å². The van der Waals surface area contributed by atoms with E-state index in [9.17, 15) is 9.18 Å². The average Bonchev–Trinajstić information content (AvgIpc) is 3.35. The summed E-state index contributed by atoms with van der Waals surface area (Å²) < 4.78 is 35.3. The van der Waals surface area contributed by atoms with E-state index in [0.29, 0.717) is 29.1 Å². The van der Waals surface area contributed by atoms with Gasteiger partial charge in [0.05, 0.1) is 6.61 Å². The van der Waals surface area contributed by atoms with Crippen molar-refractivity contribution in [1.82, 2.24) is 10.2 Å². The third kappa shape index (κ3) is 3.76. The Hall–Kier alpha value is -3.68. The van der Waals surface area contributed by atoms with Gasteiger partial charge < -0.3 is 18.3 Å². The van der Waals surface area contributed by atoms with E-state index in [2.05, 4.69) is 10.2 Å². The van der Waals surface area contributed by atoms with E-state index in [4.69, 9.17) is 18.3 Å². The number of aromatic nitrogens is 2. The average molecular weight is 410 g/mol. The second-order valence-electron chi connectivity index (χ2n) is 6.65. The zero-order valence-corrected chi connectivity index (χ0v) is 16.6. The van der Waals surface area contributed by atoms with Crippen LogP contribution in [0.1, 0.15) is 42.0 Å². The Morgan fingerprint density at radius 1 is 1.13 bits per heavy atom. The van der Waals surface area contributed by atoms with Crippen molar-refractivity contribution in [1.29, 1.82) is 0 Å². The lowest BCUT2D eigenvalue weighted by atomic mass is 10.1. The maximum absolute atomic E-state index is 13.1. The lowest BCUT2D eigenvalue weighted by Crippen LogP contribution is -2.09. The first-order valence-corrected chi connectivity index (χ1v) is 9.42. The quantitative estimate of drug-likeness (QED) is 0.401. The summed E-state index contributed by atoms with van der Waals surface area (Å²) in [5.74, 6) is 0.113. The molecule has 0 aliphatic rings. The molecule has 4 rings (SSSR count). The van der Waals surface area contributed by atoms with Gasteiger partial charge in [0.2, 0.25) is 11.7 Å². The Morgan fingerprint density at radius 2 is 1.90 bits per heavy atom. The molecule has 0 fully saturated rings. The molecule has 0 spiro atoms. The Balaban J connectivity index is 1.52. The van der Waals surface area contributed by atoms with Crippen molar-refractivity contribution in [2.45, 2.75) is 26.9 Å². The number of hydrogen-bond acceptors (Lipinski definition) is 7. The summed E-state index contributed by atoms with van der Waals surface area (Å²) in [4.78, 5) is 12.7. The molecule has 2 aromatic carbocycles. The van der Waals surface area contributed by atoms with E-state index in [1.165, 1.54) is 24.3 Å². The minimum Gasteiger partial charge on any atom is -0.494 e. The molecule has 0 saturated carbocycles. The fourth-order valence-electron chi connectivity index (χ4n) is 3.02. The molecule has 7 nitrogen and oxygen atoms in total. The molecule has 0 aliphatic carbocycles. The predicted octanol–water partition coefficient (Wildman–Crippen LogP) is 5.25. The smallest absolute Gasteiger partial charge is 0.375 e. The van der Waals surface area contributed by atoms with Gasteiger partial charge in [-0.1, -0.05) is 0 Å². The van der Waals surface area contributed by atoms with Gasteiger partial charge in [0, 0.05) is 16.5 Å². The highest BCUT2D eigenvalue weighted by Gasteiger charge is 2.25. The van der Waals surface area contributed by atoms with Crippen LogP contribution in [0, 0.1) is 12.7 Å². The maximum Gasteiger partial charge on any atom is 0.375 e. The highest BCUT2D eigenvalue weighted by molar-refractivity contribution is 5.96. The molecule has 0 unspecified atom stereocenters. The second-order valence-corrected chi connectivity index (χ2v) is 6.65. The summed E-state index contributed by atoms with van der Waals surface area (Å²) in [6.45, 7) is 5.84. The fourth-order valence-corrected chi connectivity index (χ4v) is 3.02. The van der Waals surface area contributed by atoms with Crippen molar-refractivity contribution in [3.63, 3.8) is 0 Å². The number of carbonyl (C=O) groups is 1. The van der Waals surface area contributed by atoms with E-state index in [0.717, 1.165) is 5.39 Å². The summed E-state index contributed by atoms with van der Waals surface area (Å²) in [5.41, 5.74) is 1.78. The number of aryl methyl sites for hydroxylation is 1. The number of furan rings is 1. The van der Waals surface area contributed by atoms with Crippen LogP contribution in [0.15, 0.2) is 51.3 Å². The van der Waals surface area contributed by atoms with Gasteiger partial charge in [0.15, 0.2) is 6.10 Å². The largest absolute Gasteiger partial charge is 0.494 e. The van der Waals surface area contributed by atoms with Gasteiger partial charge in [0.25, 0.3) is 5.89 Å². The lowest BCUT2D eigenvalue weighted by Gasteiger charge is -2.08. The number of carbonyl (C=O) groups excluding carboxylic acids is 1. The molecule has 154 valence electrons. The van der Waals surface area contributed by atoms with Crippen LogP contribution < -0.4 is 4.74 Å². The predicted molar refractivity (Wildman–Crippen MR) is 106 cm³/mol. The molecule has 0 saturated heterocycles. The van der Waals surface area contributed by atoms with E-state index >= 15 is 0 Å². The monoisotopic (exact) mass is 410 g/mol. The first-order chi connectivity index (χ1) is 14.5. The van der Waals surface area contributed by atoms with Crippen LogP contribution in [0.2, 0.25) is 0 Å². The first-order valence-electron chi connectivity index (χ1n) is 9.42. The number of rotatable bonds is 6. The molecule has 4 aromatic rings. The van der Waals surface area contributed by atoms with Crippen molar-refractivity contribution >= 4 is 16.9 Å². The van der Waals surface area contributed by atoms with E-state index in [-0.39, 0.29) is 23.4 Å². The van der Waals surface area contributed by atoms with Crippen molar-refractivity contribution in [2.24, 2.45) is 0 Å². The highest BCUT2D eigenvalue weighted by atomic mass is 19.1. The zero-order valence-electron chi connectivity index (χ0n) is 16.6. The summed E-state index contributed by atoms with van der Waals surface area (Å²) in [7, 11) is 0. The van der Waals surface area contributed by atoms with Crippen LogP contribution in [0.4, 0.5) is 4.39 Å². The van der Waals surface area contributed by atoms with Gasteiger partial charge in [-0.25, -0.2) is 9.18 Å². The Labute approximate surface area is 171 Å². The molecule has 0 amide bonds. The number of ether oxygens (including phenoxy) is 2. The van der Waals surface area contributed by atoms with Crippen LogP contribution in [-0.4, -0.2) is 22.8 Å². The second kappa shape index (κ2) is 7.98. The molecule has 8 heteroatoms. The van der Waals surface area contributed by atoms with Crippen LogP contribution in [0.5, 0.6) is 5.75 Å². The minimum atomic E-state index is -0.800. The molecule has 0 aliphatic heterocycles. The minimum absolute atomic E-state index is 0.101. The first kappa shape index (κ1) is 19.6. The standard InChI is InChI=1S/C22H19FN2O5/c1-4-27-16-9-10-18-17(11-16)12(2)19(29-18)22(26)28-13(3)20-24-25-21(30-20)14-5-7-15(23)8-6-14/h5-11,13H,4H2,1-3H3/t13-/m0/s1. The number of halogens is 1. The highest BCUT2D eigenvalue weighted by Crippen LogP contribution is 2.30. The Bertz CT molecular complexity index is 1200. The third-order valence-electron chi connectivity index (χ3n) is 4.57. The number of hydrogen-bond donors (Lipinski definition) is 0. The van der Waals surface area contributed by atoms with Gasteiger partial charge in [-0.3, -0.25) is 0 Å². The molecular weight excluding hydrogens is 391 g/mol. The van der Waals surface area contributed by atoms with E-state index in [1.807, 2.05) is 13.0 Å². The summed E-state index contributed by atoms with van der Waals surface area (Å²) in [6, 6.07) is 11.0.